The number of sulfonamides is 1. The molecule has 1 aliphatic heterocycles. The molecule has 1 heterocycles. The average molecular weight is 236 g/mol. The predicted molar refractivity (Wildman–Crippen MR) is 60.5 cm³/mol. The molecule has 0 aromatic heterocycles. The molecule has 1 rings (SSSR count). The van der Waals surface area contributed by atoms with Gasteiger partial charge in [-0.3, -0.25) is 0 Å². The SMILES string of the molecule is CC1CN(CCCC(N)=S)S(=O)(=O)C1. The second kappa shape index (κ2) is 4.55. The van der Waals surface area contributed by atoms with Gasteiger partial charge in [-0.2, -0.15) is 0 Å². The van der Waals surface area contributed by atoms with E-state index in [1.807, 2.05) is 6.92 Å². The molecule has 6 heteroatoms. The largest absolute Gasteiger partial charge is 0.393 e. The van der Waals surface area contributed by atoms with E-state index in [4.69, 9.17) is 18.0 Å². The Morgan fingerprint density at radius 1 is 1.64 bits per heavy atom. The van der Waals surface area contributed by atoms with Crippen LogP contribution in [0.25, 0.3) is 0 Å². The maximum Gasteiger partial charge on any atom is 0.214 e. The van der Waals surface area contributed by atoms with Crippen molar-refractivity contribution < 1.29 is 8.42 Å². The normalized spacial score (nSPS) is 26.5. The molecule has 1 saturated heterocycles. The maximum atomic E-state index is 11.5. The molecule has 82 valence electrons. The first-order chi connectivity index (χ1) is 6.42. The molecule has 1 unspecified atom stereocenters. The Morgan fingerprint density at radius 2 is 2.29 bits per heavy atom. The van der Waals surface area contributed by atoms with Crippen LogP contribution >= 0.6 is 12.2 Å². The summed E-state index contributed by atoms with van der Waals surface area (Å²) in [6.07, 6.45) is 1.34. The Bertz CT molecular complexity index is 313. The molecule has 0 aromatic rings. The molecular weight excluding hydrogens is 220 g/mol. The standard InChI is InChI=1S/C8H16N2O2S2/c1-7-5-10(14(11,12)6-7)4-2-3-8(9)13/h7H,2-6H2,1H3,(H2,9,13). The lowest BCUT2D eigenvalue weighted by Crippen LogP contribution is -2.27. The van der Waals surface area contributed by atoms with Crippen molar-refractivity contribution in [3.05, 3.63) is 0 Å². The molecule has 0 aliphatic carbocycles. The summed E-state index contributed by atoms with van der Waals surface area (Å²) in [6, 6.07) is 0. The van der Waals surface area contributed by atoms with Gasteiger partial charge in [0.1, 0.15) is 0 Å². The van der Waals surface area contributed by atoms with Crippen molar-refractivity contribution in [2.75, 3.05) is 18.8 Å². The first-order valence-electron chi connectivity index (χ1n) is 4.68. The van der Waals surface area contributed by atoms with Crippen molar-refractivity contribution in [1.82, 2.24) is 4.31 Å². The fourth-order valence-electron chi connectivity index (χ4n) is 1.64. The van der Waals surface area contributed by atoms with Crippen LogP contribution in [-0.2, 0) is 10.0 Å². The van der Waals surface area contributed by atoms with Gasteiger partial charge in [-0.05, 0) is 18.8 Å². The van der Waals surface area contributed by atoms with Crippen LogP contribution in [0.1, 0.15) is 19.8 Å². The Morgan fingerprint density at radius 3 is 2.71 bits per heavy atom. The molecule has 0 aromatic carbocycles. The van der Waals surface area contributed by atoms with Crippen LogP contribution in [0.2, 0.25) is 0 Å². The Labute approximate surface area is 90.5 Å². The van der Waals surface area contributed by atoms with E-state index in [-0.39, 0.29) is 11.7 Å². The number of rotatable bonds is 4. The number of hydrogen-bond donors (Lipinski definition) is 1. The zero-order valence-corrected chi connectivity index (χ0v) is 9.90. The third-order valence-electron chi connectivity index (χ3n) is 2.23. The van der Waals surface area contributed by atoms with Gasteiger partial charge in [0.25, 0.3) is 0 Å². The topological polar surface area (TPSA) is 63.4 Å². The van der Waals surface area contributed by atoms with Crippen molar-refractivity contribution in [2.24, 2.45) is 11.7 Å². The smallest absolute Gasteiger partial charge is 0.214 e. The van der Waals surface area contributed by atoms with Gasteiger partial charge in [-0.15, -0.1) is 0 Å². The molecule has 0 amide bonds. The van der Waals surface area contributed by atoms with Gasteiger partial charge in [-0.1, -0.05) is 19.1 Å². The van der Waals surface area contributed by atoms with Crippen LogP contribution in [0, 0.1) is 5.92 Å². The van der Waals surface area contributed by atoms with Gasteiger partial charge < -0.3 is 5.73 Å². The fraction of sp³-hybridized carbons (Fsp3) is 0.875. The van der Waals surface area contributed by atoms with Crippen LogP contribution in [0.15, 0.2) is 0 Å². The lowest BCUT2D eigenvalue weighted by Gasteiger charge is -2.13. The first kappa shape index (κ1) is 11.9. The van der Waals surface area contributed by atoms with Crippen LogP contribution in [0.3, 0.4) is 0 Å². The summed E-state index contributed by atoms with van der Waals surface area (Å²) in [5, 5.41) is 0. The molecule has 4 nitrogen and oxygen atoms in total. The third-order valence-corrected chi connectivity index (χ3v) is 4.55. The van der Waals surface area contributed by atoms with E-state index in [0.717, 1.165) is 6.42 Å². The predicted octanol–water partition coefficient (Wildman–Crippen LogP) is 0.334. The third kappa shape index (κ3) is 3.18. The van der Waals surface area contributed by atoms with Crippen molar-refractivity contribution >= 4 is 27.2 Å². The van der Waals surface area contributed by atoms with Crippen molar-refractivity contribution in [3.8, 4) is 0 Å². The van der Waals surface area contributed by atoms with Gasteiger partial charge in [0.2, 0.25) is 10.0 Å². The van der Waals surface area contributed by atoms with E-state index in [9.17, 15) is 8.42 Å². The van der Waals surface area contributed by atoms with Crippen molar-refractivity contribution in [1.29, 1.82) is 0 Å². The molecule has 1 atom stereocenters. The fourth-order valence-corrected chi connectivity index (χ4v) is 3.71. The lowest BCUT2D eigenvalue weighted by molar-refractivity contribution is 0.410. The molecule has 1 aliphatic rings. The highest BCUT2D eigenvalue weighted by atomic mass is 32.2. The van der Waals surface area contributed by atoms with Gasteiger partial charge in [0.15, 0.2) is 0 Å². The van der Waals surface area contributed by atoms with E-state index in [1.54, 1.807) is 0 Å². The monoisotopic (exact) mass is 236 g/mol. The van der Waals surface area contributed by atoms with Crippen molar-refractivity contribution in [3.63, 3.8) is 0 Å². The van der Waals surface area contributed by atoms with Gasteiger partial charge in [-0.25, -0.2) is 12.7 Å². The quantitative estimate of drug-likeness (QED) is 0.715. The Kier molecular flexibility index (Phi) is 3.86. The summed E-state index contributed by atoms with van der Waals surface area (Å²) in [6.45, 7) is 3.13. The first-order valence-corrected chi connectivity index (χ1v) is 6.69. The van der Waals surface area contributed by atoms with Crippen LogP contribution < -0.4 is 5.73 Å². The summed E-state index contributed by atoms with van der Waals surface area (Å²) in [4.78, 5) is 0.453. The van der Waals surface area contributed by atoms with Gasteiger partial charge >= 0.3 is 0 Å². The zero-order valence-electron chi connectivity index (χ0n) is 8.27. The highest BCUT2D eigenvalue weighted by Gasteiger charge is 2.32. The van der Waals surface area contributed by atoms with Crippen LogP contribution in [-0.4, -0.2) is 36.6 Å². The lowest BCUT2D eigenvalue weighted by atomic mass is 10.2. The van der Waals surface area contributed by atoms with Gasteiger partial charge in [0.05, 0.1) is 10.7 Å². The summed E-state index contributed by atoms with van der Waals surface area (Å²) in [5.41, 5.74) is 5.34. The summed E-state index contributed by atoms with van der Waals surface area (Å²) in [5.74, 6) is 0.518. The van der Waals surface area contributed by atoms with Gasteiger partial charge in [0, 0.05) is 13.1 Å². The molecule has 0 spiro atoms. The molecule has 14 heavy (non-hydrogen) atoms. The summed E-state index contributed by atoms with van der Waals surface area (Å²) < 4.78 is 24.6. The molecule has 0 radical (unpaired) electrons. The Balaban J connectivity index is 2.42. The number of nitrogens with two attached hydrogens (primary N) is 1. The molecule has 0 bridgehead atoms. The highest BCUT2D eigenvalue weighted by Crippen LogP contribution is 2.19. The number of hydrogen-bond acceptors (Lipinski definition) is 3. The Hall–Kier alpha value is -0.200. The van der Waals surface area contributed by atoms with E-state index < -0.39 is 10.0 Å². The van der Waals surface area contributed by atoms with E-state index >= 15 is 0 Å². The maximum absolute atomic E-state index is 11.5. The summed E-state index contributed by atoms with van der Waals surface area (Å²) in [7, 11) is -2.98. The molecule has 1 fully saturated rings. The minimum Gasteiger partial charge on any atom is -0.393 e. The second-order valence-corrected chi connectivity index (χ2v) is 6.35. The zero-order chi connectivity index (χ0) is 10.8. The second-order valence-electron chi connectivity index (χ2n) is 3.81. The average Bonchev–Trinajstić information content (AvgIpc) is 2.24. The van der Waals surface area contributed by atoms with E-state index in [2.05, 4.69) is 0 Å². The van der Waals surface area contributed by atoms with E-state index in [1.165, 1.54) is 4.31 Å². The molecule has 2 N–H and O–H groups in total. The number of thiocarbonyl (C=S) groups is 1. The highest BCUT2D eigenvalue weighted by molar-refractivity contribution is 7.89. The molecule has 0 saturated carbocycles. The number of nitrogens with zero attached hydrogens (tertiary/aromatic N) is 1. The van der Waals surface area contributed by atoms with E-state index in [0.29, 0.717) is 24.5 Å². The van der Waals surface area contributed by atoms with Crippen LogP contribution in [0.5, 0.6) is 0 Å². The summed E-state index contributed by atoms with van der Waals surface area (Å²) >= 11 is 4.73. The minimum absolute atomic E-state index is 0.241. The van der Waals surface area contributed by atoms with Crippen molar-refractivity contribution in [2.45, 2.75) is 19.8 Å². The van der Waals surface area contributed by atoms with Crippen LogP contribution in [0.4, 0.5) is 0 Å². The molecular formula is C8H16N2O2S2. The minimum atomic E-state index is -2.98.